The van der Waals surface area contributed by atoms with Crippen LogP contribution in [0.2, 0.25) is 0 Å². The van der Waals surface area contributed by atoms with Gasteiger partial charge in [0.25, 0.3) is 5.69 Å². The minimum absolute atomic E-state index is 0.0444. The molecule has 0 spiro atoms. The highest BCUT2D eigenvalue weighted by atomic mass is 16.6. The number of aromatic nitrogens is 1. The van der Waals surface area contributed by atoms with Gasteiger partial charge in [-0.3, -0.25) is 15.1 Å². The number of methoxy groups -OCH3 is 1. The molecule has 0 aliphatic rings. The van der Waals surface area contributed by atoms with E-state index in [0.29, 0.717) is 11.3 Å². The fourth-order valence-corrected chi connectivity index (χ4v) is 2.03. The van der Waals surface area contributed by atoms with Crippen molar-refractivity contribution < 1.29 is 9.66 Å². The zero-order chi connectivity index (χ0) is 14.0. The minimum Gasteiger partial charge on any atom is -0.496 e. The number of hydrogen-bond acceptors (Lipinski definition) is 4. The summed E-state index contributed by atoms with van der Waals surface area (Å²) in [6.45, 7) is 3.78. The lowest BCUT2D eigenvalue weighted by Crippen LogP contribution is -1.94. The maximum absolute atomic E-state index is 10.9. The normalized spacial score (nSPS) is 10.3. The van der Waals surface area contributed by atoms with Gasteiger partial charge < -0.3 is 4.74 Å². The van der Waals surface area contributed by atoms with Crippen LogP contribution in [0, 0.1) is 24.0 Å². The monoisotopic (exact) mass is 258 g/mol. The van der Waals surface area contributed by atoms with Gasteiger partial charge in [0.15, 0.2) is 0 Å². The van der Waals surface area contributed by atoms with E-state index in [1.165, 1.54) is 12.1 Å². The fraction of sp³-hybridized carbons (Fsp3) is 0.214. The molecule has 2 aromatic rings. The maximum Gasteiger partial charge on any atom is 0.270 e. The van der Waals surface area contributed by atoms with E-state index in [1.54, 1.807) is 13.2 Å². The van der Waals surface area contributed by atoms with Gasteiger partial charge >= 0.3 is 0 Å². The quantitative estimate of drug-likeness (QED) is 0.626. The topological polar surface area (TPSA) is 65.3 Å². The molecule has 1 aromatic heterocycles. The van der Waals surface area contributed by atoms with Crippen molar-refractivity contribution in [3.63, 3.8) is 0 Å². The van der Waals surface area contributed by atoms with Gasteiger partial charge in [0.05, 0.1) is 12.0 Å². The van der Waals surface area contributed by atoms with Gasteiger partial charge in [0, 0.05) is 29.1 Å². The fourth-order valence-electron chi connectivity index (χ4n) is 2.03. The van der Waals surface area contributed by atoms with E-state index in [4.69, 9.17) is 4.74 Å². The van der Waals surface area contributed by atoms with Gasteiger partial charge in [-0.15, -0.1) is 0 Å². The molecule has 1 aromatic carbocycles. The molecule has 0 aliphatic carbocycles. The molecule has 0 saturated carbocycles. The van der Waals surface area contributed by atoms with Crippen LogP contribution in [0.4, 0.5) is 5.69 Å². The molecule has 0 N–H and O–H groups in total. The lowest BCUT2D eigenvalue weighted by atomic mass is 10.0. The van der Waals surface area contributed by atoms with E-state index in [9.17, 15) is 10.1 Å². The molecule has 0 bridgehead atoms. The van der Waals surface area contributed by atoms with Gasteiger partial charge in [-0.05, 0) is 37.6 Å². The molecule has 5 heteroatoms. The van der Waals surface area contributed by atoms with Gasteiger partial charge in [-0.1, -0.05) is 0 Å². The average molecular weight is 258 g/mol. The van der Waals surface area contributed by atoms with Gasteiger partial charge in [-0.2, -0.15) is 0 Å². The van der Waals surface area contributed by atoms with Crippen LogP contribution in [-0.4, -0.2) is 17.0 Å². The van der Waals surface area contributed by atoms with Crippen molar-refractivity contribution in [1.29, 1.82) is 0 Å². The molecular weight excluding hydrogens is 244 g/mol. The summed E-state index contributed by atoms with van der Waals surface area (Å²) in [5.41, 5.74) is 3.34. The van der Waals surface area contributed by atoms with Crippen LogP contribution in [0.25, 0.3) is 11.1 Å². The van der Waals surface area contributed by atoms with Crippen LogP contribution in [0.3, 0.4) is 0 Å². The van der Waals surface area contributed by atoms with Crippen LogP contribution >= 0.6 is 0 Å². The highest BCUT2D eigenvalue weighted by Crippen LogP contribution is 2.33. The van der Waals surface area contributed by atoms with E-state index < -0.39 is 4.92 Å². The molecule has 2 rings (SSSR count). The number of nitrogens with zero attached hydrogens (tertiary/aromatic N) is 2. The lowest BCUT2D eigenvalue weighted by molar-refractivity contribution is -0.384. The van der Waals surface area contributed by atoms with E-state index in [0.717, 1.165) is 17.0 Å². The first-order chi connectivity index (χ1) is 9.01. The maximum atomic E-state index is 10.9. The van der Waals surface area contributed by atoms with E-state index in [1.807, 2.05) is 26.0 Å². The van der Waals surface area contributed by atoms with Crippen LogP contribution < -0.4 is 4.74 Å². The lowest BCUT2D eigenvalue weighted by Gasteiger charge is -2.09. The highest BCUT2D eigenvalue weighted by molar-refractivity contribution is 5.73. The van der Waals surface area contributed by atoms with Crippen LogP contribution in [0.15, 0.2) is 30.3 Å². The van der Waals surface area contributed by atoms with Gasteiger partial charge in [-0.25, -0.2) is 0 Å². The standard InChI is InChI=1S/C14H14N2O3/c1-9-6-11(7-10(2)15-9)13-8-12(16(17)18)4-5-14(13)19-3/h4-8H,1-3H3. The summed E-state index contributed by atoms with van der Waals surface area (Å²) in [5, 5.41) is 10.9. The first kappa shape index (κ1) is 13.0. The molecule has 98 valence electrons. The summed E-state index contributed by atoms with van der Waals surface area (Å²) in [6, 6.07) is 8.33. The Bertz CT molecular complexity index is 618. The molecule has 5 nitrogen and oxygen atoms in total. The van der Waals surface area contributed by atoms with Crippen molar-refractivity contribution in [2.45, 2.75) is 13.8 Å². The van der Waals surface area contributed by atoms with Crippen LogP contribution in [0.5, 0.6) is 5.75 Å². The predicted molar refractivity (Wildman–Crippen MR) is 72.4 cm³/mol. The summed E-state index contributed by atoms with van der Waals surface area (Å²) in [6.07, 6.45) is 0. The van der Waals surface area contributed by atoms with Crippen molar-refractivity contribution >= 4 is 5.69 Å². The third kappa shape index (κ3) is 2.70. The van der Waals surface area contributed by atoms with Crippen molar-refractivity contribution in [2.24, 2.45) is 0 Å². The second kappa shape index (κ2) is 5.06. The van der Waals surface area contributed by atoms with Crippen molar-refractivity contribution in [3.05, 3.63) is 51.8 Å². The Hall–Kier alpha value is -2.43. The Balaban J connectivity index is 2.64. The van der Waals surface area contributed by atoms with Crippen molar-refractivity contribution in [2.75, 3.05) is 7.11 Å². The number of rotatable bonds is 3. The number of non-ortho nitro benzene ring substituents is 1. The smallest absolute Gasteiger partial charge is 0.270 e. The summed E-state index contributed by atoms with van der Waals surface area (Å²) in [5.74, 6) is 0.607. The van der Waals surface area contributed by atoms with Crippen molar-refractivity contribution in [3.8, 4) is 16.9 Å². The highest BCUT2D eigenvalue weighted by Gasteiger charge is 2.13. The number of nitro groups is 1. The molecule has 0 unspecified atom stereocenters. The average Bonchev–Trinajstić information content (AvgIpc) is 2.36. The Morgan fingerprint density at radius 2 is 1.79 bits per heavy atom. The zero-order valence-electron chi connectivity index (χ0n) is 11.0. The first-order valence-corrected chi connectivity index (χ1v) is 5.79. The van der Waals surface area contributed by atoms with Crippen LogP contribution in [-0.2, 0) is 0 Å². The first-order valence-electron chi connectivity index (χ1n) is 5.79. The Morgan fingerprint density at radius 3 is 2.32 bits per heavy atom. The van der Waals surface area contributed by atoms with Gasteiger partial charge in [0.1, 0.15) is 5.75 Å². The van der Waals surface area contributed by atoms with Crippen LogP contribution in [0.1, 0.15) is 11.4 Å². The largest absolute Gasteiger partial charge is 0.496 e. The number of ether oxygens (including phenoxy) is 1. The molecular formula is C14H14N2O3. The Kier molecular flexibility index (Phi) is 3.46. The zero-order valence-corrected chi connectivity index (χ0v) is 11.0. The molecule has 0 radical (unpaired) electrons. The summed E-state index contributed by atoms with van der Waals surface area (Å²) in [7, 11) is 1.55. The van der Waals surface area contributed by atoms with Gasteiger partial charge in [0.2, 0.25) is 0 Å². The SMILES string of the molecule is COc1ccc([N+](=O)[O-])cc1-c1cc(C)nc(C)c1. The Morgan fingerprint density at radius 1 is 1.16 bits per heavy atom. The molecule has 0 amide bonds. The molecule has 1 heterocycles. The molecule has 0 aliphatic heterocycles. The number of hydrogen-bond donors (Lipinski definition) is 0. The molecule has 19 heavy (non-hydrogen) atoms. The van der Waals surface area contributed by atoms with E-state index in [2.05, 4.69) is 4.98 Å². The number of nitro benzene ring substituents is 1. The molecule has 0 saturated heterocycles. The minimum atomic E-state index is -0.413. The molecule has 0 atom stereocenters. The number of pyridine rings is 1. The summed E-state index contributed by atoms with van der Waals surface area (Å²) in [4.78, 5) is 14.8. The van der Waals surface area contributed by atoms with E-state index >= 15 is 0 Å². The summed E-state index contributed by atoms with van der Waals surface area (Å²) >= 11 is 0. The predicted octanol–water partition coefficient (Wildman–Crippen LogP) is 3.28. The third-order valence-corrected chi connectivity index (χ3v) is 2.79. The second-order valence-electron chi connectivity index (χ2n) is 4.28. The van der Waals surface area contributed by atoms with Crippen molar-refractivity contribution in [1.82, 2.24) is 4.98 Å². The Labute approximate surface area is 111 Å². The molecule has 0 fully saturated rings. The second-order valence-corrected chi connectivity index (χ2v) is 4.28. The third-order valence-electron chi connectivity index (χ3n) is 2.79. The summed E-state index contributed by atoms with van der Waals surface area (Å²) < 4.78 is 5.27. The number of aryl methyl sites for hydroxylation is 2. The van der Waals surface area contributed by atoms with E-state index in [-0.39, 0.29) is 5.69 Å². The number of benzene rings is 1.